The molecule has 0 heterocycles. The van der Waals surface area contributed by atoms with Gasteiger partial charge in [0.25, 0.3) is 0 Å². The molecule has 1 atom stereocenters. The molecule has 1 aromatic carbocycles. The Balaban J connectivity index is 0.00000151. The van der Waals surface area contributed by atoms with Crippen molar-refractivity contribution in [2.75, 3.05) is 0 Å². The Labute approximate surface area is 152 Å². The third-order valence-corrected chi connectivity index (χ3v) is 5.39. The number of carbonyl (C=O) groups excluding carboxylic acids is 1. The lowest BCUT2D eigenvalue weighted by Crippen LogP contribution is -2.41. The minimum atomic E-state index is -0.815. The maximum atomic E-state index is 13.5. The van der Waals surface area contributed by atoms with Gasteiger partial charge in [-0.25, -0.2) is 0 Å². The van der Waals surface area contributed by atoms with Crippen molar-refractivity contribution >= 4 is 20.9 Å². The molecular formula is C20H29O4P. The van der Waals surface area contributed by atoms with Crippen LogP contribution in [0.1, 0.15) is 72.5 Å². The number of rotatable bonds is 6. The Morgan fingerprint density at radius 3 is 2.00 bits per heavy atom. The molecule has 0 spiro atoms. The number of aliphatic carboxylic acids is 1. The van der Waals surface area contributed by atoms with Gasteiger partial charge in [-0.15, -0.1) is 0 Å². The van der Waals surface area contributed by atoms with E-state index in [0.29, 0.717) is 19.3 Å². The van der Waals surface area contributed by atoms with Crippen molar-refractivity contribution in [1.82, 2.24) is 0 Å². The van der Waals surface area contributed by atoms with E-state index in [1.165, 1.54) is 0 Å². The molecule has 2 rings (SSSR count). The first-order valence-electron chi connectivity index (χ1n) is 8.89. The fourth-order valence-electron chi connectivity index (χ4n) is 4.45. The van der Waals surface area contributed by atoms with Gasteiger partial charge in [0.2, 0.25) is 0 Å². The zero-order chi connectivity index (χ0) is 19.2. The summed E-state index contributed by atoms with van der Waals surface area (Å²) in [7, 11) is 1.72. The average Bonchev–Trinajstić information content (AvgIpc) is 3.03. The second kappa shape index (κ2) is 9.24. The van der Waals surface area contributed by atoms with Gasteiger partial charge in [-0.05, 0) is 51.2 Å². The first kappa shape index (κ1) is 21.5. The van der Waals surface area contributed by atoms with E-state index in [0.717, 1.165) is 41.5 Å². The number of hydrogen-bond acceptors (Lipinski definition) is 3. The fraction of sp³-hybridized carbons (Fsp3) is 0.600. The van der Waals surface area contributed by atoms with Crippen LogP contribution >= 0.6 is 9.12 Å². The lowest BCUT2D eigenvalue weighted by Gasteiger charge is -2.34. The maximum Gasteiger partial charge on any atom is 0.307 e. The van der Waals surface area contributed by atoms with Crippen molar-refractivity contribution in [2.45, 2.75) is 66.2 Å². The average molecular weight is 364 g/mol. The van der Waals surface area contributed by atoms with E-state index < -0.39 is 17.3 Å². The summed E-state index contributed by atoms with van der Waals surface area (Å²) < 4.78 is 8.06. The molecule has 0 saturated heterocycles. The summed E-state index contributed by atoms with van der Waals surface area (Å²) in [5.74, 6) is -1.32. The van der Waals surface area contributed by atoms with Crippen molar-refractivity contribution in [3.05, 3.63) is 34.4 Å². The normalized spacial score (nSPS) is 16.6. The van der Waals surface area contributed by atoms with Gasteiger partial charge >= 0.3 is 5.97 Å². The van der Waals surface area contributed by atoms with Gasteiger partial charge in [-0.1, -0.05) is 43.9 Å². The predicted molar refractivity (Wildman–Crippen MR) is 101 cm³/mol. The Kier molecular flexibility index (Phi) is 7.95. The van der Waals surface area contributed by atoms with Crippen molar-refractivity contribution in [3.63, 3.8) is 0 Å². The molecule has 0 radical (unpaired) electrons. The van der Waals surface area contributed by atoms with Crippen LogP contribution < -0.4 is 0 Å². The number of carbonyl (C=O) groups is 2. The monoisotopic (exact) mass is 364 g/mol. The number of ketones is 1. The Bertz CT molecular complexity index is 610. The van der Waals surface area contributed by atoms with Gasteiger partial charge in [0.1, 0.15) is 9.12 Å². The van der Waals surface area contributed by atoms with Crippen molar-refractivity contribution < 1.29 is 19.3 Å². The molecule has 1 saturated carbocycles. The van der Waals surface area contributed by atoms with Gasteiger partial charge in [0.15, 0.2) is 5.78 Å². The molecule has 25 heavy (non-hydrogen) atoms. The maximum absolute atomic E-state index is 13.5. The van der Waals surface area contributed by atoms with E-state index in [1.807, 2.05) is 39.8 Å². The third-order valence-electron chi connectivity index (χ3n) is 5.39. The highest BCUT2D eigenvalue weighted by molar-refractivity contribution is 7.00. The van der Waals surface area contributed by atoms with Crippen LogP contribution in [0.5, 0.6) is 0 Å². The summed E-state index contributed by atoms with van der Waals surface area (Å²) in [6.45, 7) is 7.94. The molecule has 0 aromatic heterocycles. The highest BCUT2D eigenvalue weighted by Crippen LogP contribution is 2.49. The number of Topliss-reactive ketones (excluding diaryl/α,β-unsaturated/α-hetero) is 1. The van der Waals surface area contributed by atoms with Crippen LogP contribution in [-0.4, -0.2) is 16.9 Å². The van der Waals surface area contributed by atoms with E-state index in [9.17, 15) is 14.7 Å². The molecular weight excluding hydrogens is 335 g/mol. The van der Waals surface area contributed by atoms with Gasteiger partial charge in [-0.2, -0.15) is 0 Å². The van der Waals surface area contributed by atoms with Crippen molar-refractivity contribution in [2.24, 2.45) is 11.3 Å². The van der Waals surface area contributed by atoms with Crippen molar-refractivity contribution in [1.29, 1.82) is 0 Å². The molecule has 4 nitrogen and oxygen atoms in total. The van der Waals surface area contributed by atoms with Crippen LogP contribution in [0.4, 0.5) is 0 Å². The van der Waals surface area contributed by atoms with Crippen LogP contribution in [0.3, 0.4) is 0 Å². The molecule has 0 amide bonds. The second-order valence-corrected chi connectivity index (χ2v) is 7.15. The minimum absolute atomic E-state index is 0.0610. The zero-order valence-electron chi connectivity index (χ0n) is 15.6. The van der Waals surface area contributed by atoms with Gasteiger partial charge in [-0.3, -0.25) is 14.2 Å². The summed E-state index contributed by atoms with van der Waals surface area (Å²) in [5, 5.41) is 9.76. The van der Waals surface area contributed by atoms with E-state index in [-0.39, 0.29) is 5.78 Å². The molecule has 1 aliphatic carbocycles. The summed E-state index contributed by atoms with van der Waals surface area (Å²) in [5.41, 5.74) is 3.12. The smallest absolute Gasteiger partial charge is 0.307 e. The van der Waals surface area contributed by atoms with Crippen LogP contribution in [-0.2, 0) is 9.36 Å². The Hall–Kier alpha value is -1.54. The van der Waals surface area contributed by atoms with Crippen LogP contribution in [0.25, 0.3) is 0 Å². The van der Waals surface area contributed by atoms with E-state index in [2.05, 4.69) is 0 Å². The lowest BCUT2D eigenvalue weighted by atomic mass is 9.66. The summed E-state index contributed by atoms with van der Waals surface area (Å²) >= 11 is 0. The number of aryl methyl sites for hydroxylation is 3. The van der Waals surface area contributed by atoms with Crippen molar-refractivity contribution in [3.8, 4) is 0 Å². The van der Waals surface area contributed by atoms with Gasteiger partial charge in [0, 0.05) is 11.0 Å². The SMILES string of the molecule is CCCC(C(=O)O)C1(C(=O)c2c(C)cc(C)cc2C)CCCC1.O=P. The number of carboxylic acid groups (broad SMARTS) is 1. The van der Waals surface area contributed by atoms with Gasteiger partial charge in [0.05, 0.1) is 5.92 Å². The third kappa shape index (κ3) is 4.36. The lowest BCUT2D eigenvalue weighted by molar-refractivity contribution is -0.145. The van der Waals surface area contributed by atoms with E-state index in [1.54, 1.807) is 9.12 Å². The fourth-order valence-corrected chi connectivity index (χ4v) is 4.45. The summed E-state index contributed by atoms with van der Waals surface area (Å²) in [4.78, 5) is 25.4. The molecule has 0 aliphatic heterocycles. The first-order chi connectivity index (χ1) is 11.8. The highest BCUT2D eigenvalue weighted by atomic mass is 31.0. The standard InChI is InChI=1S/C20H28O3.HOP/c1-5-8-16(19(22)23)20(9-6-7-10-20)18(21)17-14(3)11-13(2)12-15(17)4;1-2/h11-12,16H,5-10H2,1-4H3,(H,22,23);2H. The molecule has 1 aliphatic rings. The highest BCUT2D eigenvalue weighted by Gasteiger charge is 2.50. The quantitative estimate of drug-likeness (QED) is 0.547. The molecule has 1 aromatic rings. The number of hydrogen-bond donors (Lipinski definition) is 1. The second-order valence-electron chi connectivity index (χ2n) is 7.15. The molecule has 1 N–H and O–H groups in total. The Morgan fingerprint density at radius 1 is 1.12 bits per heavy atom. The molecule has 1 fully saturated rings. The minimum Gasteiger partial charge on any atom is -0.481 e. The molecule has 0 bridgehead atoms. The molecule has 5 heteroatoms. The molecule has 138 valence electrons. The van der Waals surface area contributed by atoms with E-state index >= 15 is 0 Å². The number of benzene rings is 1. The van der Waals surface area contributed by atoms with Crippen LogP contribution in [0.2, 0.25) is 0 Å². The largest absolute Gasteiger partial charge is 0.481 e. The number of carboxylic acids is 1. The summed E-state index contributed by atoms with van der Waals surface area (Å²) in [6.07, 6.45) is 4.67. The van der Waals surface area contributed by atoms with Crippen LogP contribution in [0, 0.1) is 32.1 Å². The predicted octanol–water partition coefficient (Wildman–Crippen LogP) is 5.33. The summed E-state index contributed by atoms with van der Waals surface area (Å²) in [6, 6.07) is 4.05. The topological polar surface area (TPSA) is 71.4 Å². The zero-order valence-corrected chi connectivity index (χ0v) is 16.6. The van der Waals surface area contributed by atoms with E-state index in [4.69, 9.17) is 4.57 Å². The molecule has 1 unspecified atom stereocenters. The Morgan fingerprint density at radius 2 is 1.60 bits per heavy atom. The van der Waals surface area contributed by atoms with Crippen LogP contribution in [0.15, 0.2) is 12.1 Å². The van der Waals surface area contributed by atoms with Gasteiger partial charge < -0.3 is 5.11 Å². The first-order valence-corrected chi connectivity index (χ1v) is 9.30.